The number of piperidine rings is 1. The third-order valence-corrected chi connectivity index (χ3v) is 4.39. The molecule has 0 amide bonds. The first-order valence-corrected chi connectivity index (χ1v) is 7.33. The molecule has 0 aromatic heterocycles. The van der Waals surface area contributed by atoms with Gasteiger partial charge < -0.3 is 15.1 Å². The minimum Gasteiger partial charge on any atom is -0.349 e. The molecule has 1 heterocycles. The minimum atomic E-state index is 0.513. The van der Waals surface area contributed by atoms with Gasteiger partial charge in [0.15, 0.2) is 5.11 Å². The van der Waals surface area contributed by atoms with Crippen molar-refractivity contribution in [2.75, 3.05) is 32.5 Å². The van der Waals surface area contributed by atoms with E-state index in [1.807, 2.05) is 24.3 Å². The number of anilines is 1. The summed E-state index contributed by atoms with van der Waals surface area (Å²) in [6, 6.07) is 8.18. The summed E-state index contributed by atoms with van der Waals surface area (Å²) < 4.78 is 0. The van der Waals surface area contributed by atoms with Crippen molar-refractivity contribution in [3.63, 3.8) is 0 Å². The maximum atomic E-state index is 6.13. The van der Waals surface area contributed by atoms with Gasteiger partial charge in [-0.1, -0.05) is 23.7 Å². The fourth-order valence-electron chi connectivity index (χ4n) is 2.31. The average Bonchev–Trinajstić information content (AvgIpc) is 2.41. The summed E-state index contributed by atoms with van der Waals surface area (Å²) in [5.74, 6) is 0. The lowest BCUT2D eigenvalue weighted by molar-refractivity contribution is 0.193. The van der Waals surface area contributed by atoms with Gasteiger partial charge in [-0.2, -0.15) is 0 Å². The van der Waals surface area contributed by atoms with Gasteiger partial charge in [-0.05, 0) is 57.3 Å². The van der Waals surface area contributed by atoms with E-state index in [-0.39, 0.29) is 0 Å². The normalized spacial score (nSPS) is 17.2. The van der Waals surface area contributed by atoms with E-state index in [4.69, 9.17) is 23.8 Å². The van der Waals surface area contributed by atoms with E-state index in [1.165, 1.54) is 0 Å². The molecule has 0 bridgehead atoms. The number of nitrogens with zero attached hydrogens (tertiary/aromatic N) is 2. The first kappa shape index (κ1) is 14.6. The van der Waals surface area contributed by atoms with Gasteiger partial charge >= 0.3 is 0 Å². The van der Waals surface area contributed by atoms with E-state index in [9.17, 15) is 0 Å². The molecule has 3 nitrogen and oxygen atoms in total. The maximum Gasteiger partial charge on any atom is 0.173 e. The van der Waals surface area contributed by atoms with E-state index >= 15 is 0 Å². The molecule has 0 radical (unpaired) electrons. The van der Waals surface area contributed by atoms with Crippen LogP contribution in [0.25, 0.3) is 0 Å². The van der Waals surface area contributed by atoms with Crippen molar-refractivity contribution in [2.45, 2.75) is 18.9 Å². The number of para-hydroxylation sites is 1. The van der Waals surface area contributed by atoms with E-state index in [0.29, 0.717) is 11.1 Å². The van der Waals surface area contributed by atoms with Crippen molar-refractivity contribution >= 4 is 34.6 Å². The summed E-state index contributed by atoms with van der Waals surface area (Å²) in [5.41, 5.74) is 0.869. The number of rotatable bonds is 2. The van der Waals surface area contributed by atoms with Crippen molar-refractivity contribution in [3.8, 4) is 0 Å². The van der Waals surface area contributed by atoms with Crippen LogP contribution in [0, 0.1) is 0 Å². The Morgan fingerprint density at radius 3 is 2.63 bits per heavy atom. The standard InChI is InChI=1S/C14H20ClN3S/c1-17-9-7-11(8-10-17)18(2)14(19)16-13-6-4-3-5-12(13)15/h3-6,11H,7-10H2,1-2H3,(H,16,19). The molecule has 2 rings (SSSR count). The van der Waals surface area contributed by atoms with Crippen LogP contribution in [-0.2, 0) is 0 Å². The lowest BCUT2D eigenvalue weighted by Crippen LogP contribution is -2.45. The Morgan fingerprint density at radius 1 is 1.37 bits per heavy atom. The van der Waals surface area contributed by atoms with Gasteiger partial charge in [-0.25, -0.2) is 0 Å². The molecule has 1 aromatic carbocycles. The molecule has 104 valence electrons. The van der Waals surface area contributed by atoms with Gasteiger partial charge in [0.1, 0.15) is 0 Å². The van der Waals surface area contributed by atoms with Crippen molar-refractivity contribution in [2.24, 2.45) is 0 Å². The fourth-order valence-corrected chi connectivity index (χ4v) is 2.76. The number of likely N-dealkylation sites (tertiary alicyclic amines) is 1. The van der Waals surface area contributed by atoms with Crippen LogP contribution < -0.4 is 5.32 Å². The molecule has 1 N–H and O–H groups in total. The molecular weight excluding hydrogens is 278 g/mol. The zero-order valence-electron chi connectivity index (χ0n) is 11.4. The summed E-state index contributed by atoms with van der Waals surface area (Å²) in [6.45, 7) is 2.26. The van der Waals surface area contributed by atoms with Crippen LogP contribution in [-0.4, -0.2) is 48.1 Å². The van der Waals surface area contributed by atoms with Crippen molar-refractivity contribution in [3.05, 3.63) is 29.3 Å². The van der Waals surface area contributed by atoms with Gasteiger partial charge in [0.25, 0.3) is 0 Å². The summed E-state index contributed by atoms with van der Waals surface area (Å²) in [6.07, 6.45) is 2.30. The molecule has 0 spiro atoms. The molecule has 0 saturated carbocycles. The summed E-state index contributed by atoms with van der Waals surface area (Å²) in [4.78, 5) is 4.51. The van der Waals surface area contributed by atoms with Crippen LogP contribution in [0.3, 0.4) is 0 Å². The molecule has 1 aliphatic rings. The third-order valence-electron chi connectivity index (χ3n) is 3.67. The molecule has 0 unspecified atom stereocenters. The molecule has 1 saturated heterocycles. The number of benzene rings is 1. The largest absolute Gasteiger partial charge is 0.349 e. The number of hydrogen-bond donors (Lipinski definition) is 1. The number of hydrogen-bond acceptors (Lipinski definition) is 2. The molecule has 1 fully saturated rings. The van der Waals surface area contributed by atoms with Crippen molar-refractivity contribution < 1.29 is 0 Å². The Bertz CT molecular complexity index is 444. The lowest BCUT2D eigenvalue weighted by atomic mass is 10.0. The van der Waals surface area contributed by atoms with Crippen LogP contribution in [0.1, 0.15) is 12.8 Å². The van der Waals surface area contributed by atoms with Crippen LogP contribution >= 0.6 is 23.8 Å². The Hall–Kier alpha value is -0.840. The van der Waals surface area contributed by atoms with Crippen molar-refractivity contribution in [1.82, 2.24) is 9.80 Å². The highest BCUT2D eigenvalue weighted by molar-refractivity contribution is 7.80. The highest BCUT2D eigenvalue weighted by Gasteiger charge is 2.22. The van der Waals surface area contributed by atoms with Gasteiger partial charge in [0.05, 0.1) is 10.7 Å². The first-order chi connectivity index (χ1) is 9.08. The summed E-state index contributed by atoms with van der Waals surface area (Å²) in [5, 5.41) is 4.66. The van der Waals surface area contributed by atoms with Crippen LogP contribution in [0.4, 0.5) is 5.69 Å². The predicted octanol–water partition coefficient (Wildman–Crippen LogP) is 3.06. The van der Waals surface area contributed by atoms with Gasteiger partial charge in [-0.15, -0.1) is 0 Å². The summed E-state index contributed by atoms with van der Waals surface area (Å²) in [7, 11) is 4.22. The summed E-state index contributed by atoms with van der Waals surface area (Å²) >= 11 is 11.6. The Kier molecular flexibility index (Phi) is 5.02. The zero-order valence-corrected chi connectivity index (χ0v) is 13.0. The third kappa shape index (κ3) is 3.81. The Morgan fingerprint density at radius 2 is 2.00 bits per heavy atom. The Balaban J connectivity index is 1.94. The van der Waals surface area contributed by atoms with Crippen molar-refractivity contribution in [1.29, 1.82) is 0 Å². The maximum absolute atomic E-state index is 6.13. The van der Waals surface area contributed by atoms with E-state index in [1.54, 1.807) is 0 Å². The van der Waals surface area contributed by atoms with Gasteiger partial charge in [0, 0.05) is 13.1 Å². The molecular formula is C14H20ClN3S. The molecule has 0 atom stereocenters. The van der Waals surface area contributed by atoms with Crippen LogP contribution in [0.2, 0.25) is 5.02 Å². The smallest absolute Gasteiger partial charge is 0.173 e. The number of nitrogens with one attached hydrogen (secondary N) is 1. The quantitative estimate of drug-likeness (QED) is 0.845. The first-order valence-electron chi connectivity index (χ1n) is 6.55. The molecule has 0 aliphatic carbocycles. The molecule has 1 aromatic rings. The van der Waals surface area contributed by atoms with Gasteiger partial charge in [0.2, 0.25) is 0 Å². The van der Waals surface area contributed by atoms with Gasteiger partial charge in [-0.3, -0.25) is 0 Å². The minimum absolute atomic E-state index is 0.513. The zero-order chi connectivity index (χ0) is 13.8. The lowest BCUT2D eigenvalue weighted by Gasteiger charge is -2.36. The topological polar surface area (TPSA) is 18.5 Å². The SMILES string of the molecule is CN1CCC(N(C)C(=S)Nc2ccccc2Cl)CC1. The second-order valence-electron chi connectivity index (χ2n) is 5.06. The highest BCUT2D eigenvalue weighted by Crippen LogP contribution is 2.22. The van der Waals surface area contributed by atoms with E-state index in [2.05, 4.69) is 29.2 Å². The van der Waals surface area contributed by atoms with E-state index in [0.717, 1.165) is 36.7 Å². The molecule has 1 aliphatic heterocycles. The number of halogens is 1. The molecule has 19 heavy (non-hydrogen) atoms. The average molecular weight is 298 g/mol. The fraction of sp³-hybridized carbons (Fsp3) is 0.500. The predicted molar refractivity (Wildman–Crippen MR) is 86.0 cm³/mol. The Labute approximate surface area is 125 Å². The van der Waals surface area contributed by atoms with Crippen LogP contribution in [0.5, 0.6) is 0 Å². The second-order valence-corrected chi connectivity index (χ2v) is 5.85. The highest BCUT2D eigenvalue weighted by atomic mass is 35.5. The second kappa shape index (κ2) is 6.55. The van der Waals surface area contributed by atoms with Crippen LogP contribution in [0.15, 0.2) is 24.3 Å². The molecule has 5 heteroatoms. The monoisotopic (exact) mass is 297 g/mol. The number of thiocarbonyl (C=S) groups is 1. The van der Waals surface area contributed by atoms with E-state index < -0.39 is 0 Å².